The third-order valence-corrected chi connectivity index (χ3v) is 8.45. The quantitative estimate of drug-likeness (QED) is 0.214. The summed E-state index contributed by atoms with van der Waals surface area (Å²) in [7, 11) is 0. The molecular formula is C40H25N3O. The minimum Gasteiger partial charge on any atom is -0.456 e. The highest BCUT2D eigenvalue weighted by Crippen LogP contribution is 2.37. The van der Waals surface area contributed by atoms with Crippen LogP contribution in [0.5, 0.6) is 0 Å². The number of hydrogen-bond acceptors (Lipinski definition) is 3. The summed E-state index contributed by atoms with van der Waals surface area (Å²) in [4.78, 5) is 10.1. The fourth-order valence-electron chi connectivity index (χ4n) is 6.35. The second-order valence-electron chi connectivity index (χ2n) is 11.1. The lowest BCUT2D eigenvalue weighted by Crippen LogP contribution is -2.01. The van der Waals surface area contributed by atoms with E-state index >= 15 is 0 Å². The van der Waals surface area contributed by atoms with Gasteiger partial charge in [0.1, 0.15) is 22.6 Å². The highest BCUT2D eigenvalue weighted by molar-refractivity contribution is 6.10. The van der Waals surface area contributed by atoms with Gasteiger partial charge in [0.25, 0.3) is 0 Å². The van der Waals surface area contributed by atoms with Crippen LogP contribution in [0.15, 0.2) is 156 Å². The summed E-state index contributed by atoms with van der Waals surface area (Å²) >= 11 is 0. The average Bonchev–Trinajstić information content (AvgIpc) is 3.64. The number of benzene rings is 5. The van der Waals surface area contributed by atoms with Crippen molar-refractivity contribution in [2.24, 2.45) is 0 Å². The Morgan fingerprint density at radius 1 is 0.455 bits per heavy atom. The molecule has 0 aliphatic carbocycles. The van der Waals surface area contributed by atoms with Gasteiger partial charge < -0.3 is 4.42 Å². The van der Waals surface area contributed by atoms with Crippen molar-refractivity contribution in [1.82, 2.24) is 14.5 Å². The molecule has 0 radical (unpaired) electrons. The molecule has 9 aromatic rings. The smallest absolute Gasteiger partial charge is 0.146 e. The molecule has 4 nitrogen and oxygen atoms in total. The van der Waals surface area contributed by atoms with Gasteiger partial charge in [0.2, 0.25) is 0 Å². The number of fused-ring (bicyclic) bond motifs is 6. The van der Waals surface area contributed by atoms with Crippen LogP contribution in [0.1, 0.15) is 0 Å². The molecule has 206 valence electrons. The van der Waals surface area contributed by atoms with Crippen LogP contribution < -0.4 is 0 Å². The Bertz CT molecular complexity index is 2430. The Hall–Kier alpha value is -6.00. The Balaban J connectivity index is 1.27. The van der Waals surface area contributed by atoms with Gasteiger partial charge in [-0.15, -0.1) is 0 Å². The third kappa shape index (κ3) is 3.92. The van der Waals surface area contributed by atoms with E-state index in [2.05, 4.69) is 120 Å². The molecule has 0 saturated heterocycles. The van der Waals surface area contributed by atoms with E-state index < -0.39 is 0 Å². The first-order chi connectivity index (χ1) is 21.8. The van der Waals surface area contributed by atoms with Gasteiger partial charge in [0.05, 0.1) is 11.2 Å². The predicted molar refractivity (Wildman–Crippen MR) is 180 cm³/mol. The molecule has 0 aliphatic rings. The monoisotopic (exact) mass is 563 g/mol. The van der Waals surface area contributed by atoms with Crippen LogP contribution in [0, 0.1) is 0 Å². The lowest BCUT2D eigenvalue weighted by molar-refractivity contribution is 0.669. The Kier molecular flexibility index (Phi) is 5.47. The molecule has 4 aromatic heterocycles. The van der Waals surface area contributed by atoms with Crippen LogP contribution in [-0.2, 0) is 0 Å². The van der Waals surface area contributed by atoms with Crippen LogP contribution in [-0.4, -0.2) is 14.5 Å². The van der Waals surface area contributed by atoms with Crippen LogP contribution in [0.3, 0.4) is 0 Å². The fourth-order valence-corrected chi connectivity index (χ4v) is 6.35. The summed E-state index contributed by atoms with van der Waals surface area (Å²) in [5.74, 6) is 0.836. The average molecular weight is 564 g/mol. The summed E-state index contributed by atoms with van der Waals surface area (Å²) < 4.78 is 8.28. The van der Waals surface area contributed by atoms with Gasteiger partial charge in [-0.3, -0.25) is 4.57 Å². The van der Waals surface area contributed by atoms with E-state index in [9.17, 15) is 0 Å². The van der Waals surface area contributed by atoms with E-state index in [0.717, 1.165) is 83.2 Å². The summed E-state index contributed by atoms with van der Waals surface area (Å²) in [5.41, 5.74) is 10.3. The minimum atomic E-state index is 0.836. The molecule has 44 heavy (non-hydrogen) atoms. The molecule has 0 fully saturated rings. The number of pyridine rings is 2. The minimum absolute atomic E-state index is 0.836. The molecule has 0 bridgehead atoms. The van der Waals surface area contributed by atoms with E-state index in [-0.39, 0.29) is 0 Å². The first kappa shape index (κ1) is 24.6. The number of aromatic nitrogens is 3. The Morgan fingerprint density at radius 2 is 1.14 bits per heavy atom. The second-order valence-corrected chi connectivity index (χ2v) is 11.1. The van der Waals surface area contributed by atoms with E-state index in [4.69, 9.17) is 14.4 Å². The van der Waals surface area contributed by atoms with Gasteiger partial charge in [0, 0.05) is 33.3 Å². The zero-order chi connectivity index (χ0) is 29.0. The van der Waals surface area contributed by atoms with Crippen molar-refractivity contribution < 1.29 is 4.42 Å². The molecule has 4 heteroatoms. The predicted octanol–water partition coefficient (Wildman–Crippen LogP) is 10.5. The van der Waals surface area contributed by atoms with Gasteiger partial charge in [-0.1, -0.05) is 91.0 Å². The zero-order valence-electron chi connectivity index (χ0n) is 23.7. The van der Waals surface area contributed by atoms with Crippen LogP contribution >= 0.6 is 0 Å². The van der Waals surface area contributed by atoms with Gasteiger partial charge in [-0.05, 0) is 76.9 Å². The molecule has 5 aromatic carbocycles. The highest BCUT2D eigenvalue weighted by atomic mass is 16.3. The normalized spacial score (nSPS) is 11.6. The lowest BCUT2D eigenvalue weighted by Gasteiger charge is -2.12. The Morgan fingerprint density at radius 3 is 1.98 bits per heavy atom. The number of rotatable bonds is 4. The summed E-state index contributed by atoms with van der Waals surface area (Å²) in [6.45, 7) is 0. The van der Waals surface area contributed by atoms with Crippen molar-refractivity contribution in [3.8, 4) is 39.3 Å². The fraction of sp³-hybridized carbons (Fsp3) is 0. The summed E-state index contributed by atoms with van der Waals surface area (Å²) in [5, 5.41) is 4.48. The van der Waals surface area contributed by atoms with Crippen molar-refractivity contribution in [1.29, 1.82) is 0 Å². The number of furan rings is 1. The van der Waals surface area contributed by atoms with Crippen LogP contribution in [0.4, 0.5) is 0 Å². The van der Waals surface area contributed by atoms with E-state index in [1.54, 1.807) is 0 Å². The van der Waals surface area contributed by atoms with E-state index in [1.165, 1.54) is 0 Å². The van der Waals surface area contributed by atoms with Crippen molar-refractivity contribution in [3.05, 3.63) is 152 Å². The Labute approximate surface area is 253 Å². The molecule has 0 spiro atoms. The largest absolute Gasteiger partial charge is 0.456 e. The molecule has 0 saturated carbocycles. The number of nitrogens with zero attached hydrogens (tertiary/aromatic N) is 3. The molecule has 0 amide bonds. The number of hydrogen-bond donors (Lipinski definition) is 0. The van der Waals surface area contributed by atoms with Gasteiger partial charge in [-0.2, -0.15) is 0 Å². The number of para-hydroxylation sites is 1. The first-order valence-corrected chi connectivity index (χ1v) is 14.7. The van der Waals surface area contributed by atoms with E-state index in [1.807, 2.05) is 36.5 Å². The first-order valence-electron chi connectivity index (χ1n) is 14.7. The van der Waals surface area contributed by atoms with Crippen molar-refractivity contribution >= 4 is 43.9 Å². The second kappa shape index (κ2) is 9.79. The SMILES string of the molecule is c1ccc(-c2cc(-c3ccccc3)nc(-n3c4ccc(-c5ccc6oc7ccccc7c6c5)cc4c4cccnc43)c2)cc1. The van der Waals surface area contributed by atoms with Gasteiger partial charge >= 0.3 is 0 Å². The molecular weight excluding hydrogens is 538 g/mol. The van der Waals surface area contributed by atoms with Crippen molar-refractivity contribution in [2.75, 3.05) is 0 Å². The van der Waals surface area contributed by atoms with E-state index in [0.29, 0.717) is 0 Å². The topological polar surface area (TPSA) is 43.9 Å². The summed E-state index contributed by atoms with van der Waals surface area (Å²) in [6.07, 6.45) is 1.86. The standard InChI is InChI=1S/C40H25N3O/c1-3-10-26(11-4-1)30-24-35(27-12-5-2-6-13-27)42-39(25-30)43-36-19-17-28(22-33(36)32-15-9-21-41-40(32)43)29-18-20-38-34(23-29)31-14-7-8-16-37(31)44-38/h1-25H. The van der Waals surface area contributed by atoms with Crippen LogP contribution in [0.2, 0.25) is 0 Å². The zero-order valence-corrected chi connectivity index (χ0v) is 23.7. The molecule has 9 rings (SSSR count). The van der Waals surface area contributed by atoms with Crippen molar-refractivity contribution in [3.63, 3.8) is 0 Å². The molecule has 0 N–H and O–H groups in total. The third-order valence-electron chi connectivity index (χ3n) is 8.45. The molecule has 0 atom stereocenters. The van der Waals surface area contributed by atoms with Gasteiger partial charge in [-0.25, -0.2) is 9.97 Å². The molecule has 4 heterocycles. The molecule has 0 aliphatic heterocycles. The maximum absolute atomic E-state index is 6.09. The molecule has 0 unspecified atom stereocenters. The summed E-state index contributed by atoms with van der Waals surface area (Å²) in [6, 6.07) is 50.7. The van der Waals surface area contributed by atoms with Gasteiger partial charge in [0.15, 0.2) is 0 Å². The maximum Gasteiger partial charge on any atom is 0.146 e. The lowest BCUT2D eigenvalue weighted by atomic mass is 10.0. The van der Waals surface area contributed by atoms with Crippen LogP contribution in [0.25, 0.3) is 83.2 Å². The highest BCUT2D eigenvalue weighted by Gasteiger charge is 2.17. The van der Waals surface area contributed by atoms with Crippen molar-refractivity contribution in [2.45, 2.75) is 0 Å². The maximum atomic E-state index is 6.09.